The largest absolute Gasteiger partial charge is 0.485 e. The average molecular weight is 298 g/mol. The predicted molar refractivity (Wildman–Crippen MR) is 73.5 cm³/mol. The molecule has 0 amide bonds. The van der Waals surface area contributed by atoms with Crippen molar-refractivity contribution >= 4 is 34.8 Å². The minimum atomic E-state index is 0.191. The first-order chi connectivity index (χ1) is 7.79. The molecular weight excluding hydrogens is 280 g/mol. The van der Waals surface area contributed by atoms with Crippen LogP contribution in [0, 0.1) is 0 Å². The minimum absolute atomic E-state index is 0.191. The van der Waals surface area contributed by atoms with Crippen molar-refractivity contribution in [1.29, 1.82) is 0 Å². The molecule has 0 saturated heterocycles. The van der Waals surface area contributed by atoms with Crippen LogP contribution in [0.3, 0.4) is 0 Å². The lowest BCUT2D eigenvalue weighted by Crippen LogP contribution is -2.95. The molecule has 0 fully saturated rings. The molecule has 96 valence electrons. The van der Waals surface area contributed by atoms with E-state index < -0.39 is 0 Å². The van der Waals surface area contributed by atoms with Gasteiger partial charge < -0.3 is 10.1 Å². The van der Waals surface area contributed by atoms with Crippen molar-refractivity contribution in [2.45, 2.75) is 26.3 Å². The number of halogens is 3. The molecule has 2 nitrogen and oxygen atoms in total. The van der Waals surface area contributed by atoms with E-state index in [1.165, 1.54) is 0 Å². The topological polar surface area (TPSA) is 25.8 Å². The molecule has 0 spiro atoms. The molecule has 2 N–H and O–H groups in total. The van der Waals surface area contributed by atoms with Crippen LogP contribution >= 0.6 is 34.8 Å². The Bertz CT molecular complexity index is 365. The summed E-state index contributed by atoms with van der Waals surface area (Å²) in [5.74, 6) is 0.500. The molecule has 0 unspecified atom stereocenters. The second kappa shape index (κ2) is 6.14. The van der Waals surface area contributed by atoms with Crippen LogP contribution < -0.4 is 10.1 Å². The van der Waals surface area contributed by atoms with E-state index in [4.69, 9.17) is 39.5 Å². The van der Waals surface area contributed by atoms with Gasteiger partial charge in [-0.3, -0.25) is 0 Å². The number of rotatable bonds is 4. The fraction of sp³-hybridized carbons (Fsp3) is 0.500. The van der Waals surface area contributed by atoms with E-state index in [-0.39, 0.29) is 5.54 Å². The van der Waals surface area contributed by atoms with Crippen LogP contribution in [0.25, 0.3) is 0 Å². The molecule has 0 atom stereocenters. The van der Waals surface area contributed by atoms with E-state index in [1.807, 2.05) is 0 Å². The summed E-state index contributed by atoms with van der Waals surface area (Å²) < 4.78 is 5.56. The molecule has 0 heterocycles. The van der Waals surface area contributed by atoms with Gasteiger partial charge >= 0.3 is 0 Å². The van der Waals surface area contributed by atoms with Gasteiger partial charge in [-0.1, -0.05) is 34.8 Å². The van der Waals surface area contributed by atoms with Crippen molar-refractivity contribution in [1.82, 2.24) is 0 Å². The molecule has 0 aromatic heterocycles. The molecule has 0 bridgehead atoms. The molecule has 0 aliphatic rings. The van der Waals surface area contributed by atoms with Crippen LogP contribution in [-0.4, -0.2) is 18.7 Å². The van der Waals surface area contributed by atoms with Crippen LogP contribution in [0.15, 0.2) is 12.1 Å². The molecule has 0 aliphatic heterocycles. The Kier molecular flexibility index (Phi) is 5.39. The van der Waals surface area contributed by atoms with Crippen molar-refractivity contribution in [3.8, 4) is 5.75 Å². The summed E-state index contributed by atoms with van der Waals surface area (Å²) in [6, 6.07) is 3.25. The number of ether oxygens (including phenoxy) is 1. The Morgan fingerprint density at radius 1 is 1.12 bits per heavy atom. The van der Waals surface area contributed by atoms with Gasteiger partial charge in [0.2, 0.25) is 0 Å². The zero-order valence-electron chi connectivity index (χ0n) is 10.2. The summed E-state index contributed by atoms with van der Waals surface area (Å²) >= 11 is 17.8. The number of hydrogen-bond donors (Lipinski definition) is 1. The van der Waals surface area contributed by atoms with Crippen LogP contribution in [0.5, 0.6) is 5.75 Å². The lowest BCUT2D eigenvalue weighted by atomic mass is 10.1. The first kappa shape index (κ1) is 14.9. The highest BCUT2D eigenvalue weighted by molar-refractivity contribution is 6.40. The molecule has 17 heavy (non-hydrogen) atoms. The third-order valence-corrected chi connectivity index (χ3v) is 2.86. The zero-order chi connectivity index (χ0) is 13.1. The smallest absolute Gasteiger partial charge is 0.156 e. The maximum atomic E-state index is 6.00. The third kappa shape index (κ3) is 5.35. The normalized spacial score (nSPS) is 11.6. The van der Waals surface area contributed by atoms with Crippen molar-refractivity contribution in [3.05, 3.63) is 27.2 Å². The van der Waals surface area contributed by atoms with Crippen molar-refractivity contribution in [2.24, 2.45) is 0 Å². The van der Waals surface area contributed by atoms with Crippen LogP contribution in [0.2, 0.25) is 15.1 Å². The van der Waals surface area contributed by atoms with Crippen LogP contribution in [0.1, 0.15) is 20.8 Å². The highest BCUT2D eigenvalue weighted by Crippen LogP contribution is 2.35. The maximum absolute atomic E-state index is 6.00. The highest BCUT2D eigenvalue weighted by atomic mass is 35.5. The van der Waals surface area contributed by atoms with E-state index in [0.29, 0.717) is 27.4 Å². The van der Waals surface area contributed by atoms with Crippen LogP contribution in [-0.2, 0) is 0 Å². The molecule has 0 aliphatic carbocycles. The molecule has 1 aromatic rings. The molecular formula is C12H17Cl3NO+. The van der Waals surface area contributed by atoms with E-state index in [2.05, 4.69) is 26.1 Å². The maximum Gasteiger partial charge on any atom is 0.156 e. The van der Waals surface area contributed by atoms with Gasteiger partial charge in [0.05, 0.1) is 15.6 Å². The molecule has 0 radical (unpaired) electrons. The number of hydrogen-bond acceptors (Lipinski definition) is 1. The summed E-state index contributed by atoms with van der Waals surface area (Å²) in [6.45, 7) is 7.84. The van der Waals surface area contributed by atoms with Crippen molar-refractivity contribution < 1.29 is 10.1 Å². The predicted octanol–water partition coefficient (Wildman–Crippen LogP) is 3.39. The van der Waals surface area contributed by atoms with Crippen molar-refractivity contribution in [3.63, 3.8) is 0 Å². The van der Waals surface area contributed by atoms with Gasteiger partial charge in [0.25, 0.3) is 0 Å². The highest BCUT2D eigenvalue weighted by Gasteiger charge is 2.13. The van der Waals surface area contributed by atoms with Gasteiger partial charge in [-0.05, 0) is 32.9 Å². The van der Waals surface area contributed by atoms with E-state index >= 15 is 0 Å². The lowest BCUT2D eigenvalue weighted by molar-refractivity contribution is -0.717. The van der Waals surface area contributed by atoms with Gasteiger partial charge in [-0.2, -0.15) is 0 Å². The quantitative estimate of drug-likeness (QED) is 0.847. The van der Waals surface area contributed by atoms with Gasteiger partial charge in [-0.15, -0.1) is 0 Å². The Labute approximate surface area is 117 Å². The number of quaternary nitrogens is 1. The zero-order valence-corrected chi connectivity index (χ0v) is 12.5. The fourth-order valence-electron chi connectivity index (χ4n) is 1.32. The third-order valence-electron chi connectivity index (χ3n) is 2.08. The summed E-state index contributed by atoms with van der Waals surface area (Å²) in [7, 11) is 0. The Balaban J connectivity index is 2.53. The Morgan fingerprint density at radius 2 is 1.65 bits per heavy atom. The fourth-order valence-corrected chi connectivity index (χ4v) is 2.25. The van der Waals surface area contributed by atoms with Gasteiger partial charge in [-0.25, -0.2) is 0 Å². The Hall–Kier alpha value is -0.150. The first-order valence-corrected chi connectivity index (χ1v) is 6.55. The van der Waals surface area contributed by atoms with E-state index in [0.717, 1.165) is 6.54 Å². The van der Waals surface area contributed by atoms with Gasteiger partial charge in [0.15, 0.2) is 5.75 Å². The van der Waals surface area contributed by atoms with Crippen molar-refractivity contribution in [2.75, 3.05) is 13.2 Å². The van der Waals surface area contributed by atoms with Gasteiger partial charge in [0.1, 0.15) is 13.2 Å². The molecule has 0 saturated carbocycles. The Morgan fingerprint density at radius 3 is 2.12 bits per heavy atom. The second-order valence-corrected chi connectivity index (χ2v) is 6.16. The van der Waals surface area contributed by atoms with E-state index in [9.17, 15) is 0 Å². The minimum Gasteiger partial charge on any atom is -0.485 e. The monoisotopic (exact) mass is 296 g/mol. The second-order valence-electron chi connectivity index (χ2n) is 4.91. The van der Waals surface area contributed by atoms with Crippen LogP contribution in [0.4, 0.5) is 0 Å². The standard InChI is InChI=1S/C12H16Cl3NO/c1-12(2,3)16-4-5-17-11-9(14)6-8(13)7-10(11)15/h6-7,16H,4-5H2,1-3H3/p+1. The van der Waals surface area contributed by atoms with E-state index in [1.54, 1.807) is 12.1 Å². The summed E-state index contributed by atoms with van der Waals surface area (Å²) in [5, 5.41) is 3.59. The SMILES string of the molecule is CC(C)(C)[NH2+]CCOc1c(Cl)cc(Cl)cc1Cl. The average Bonchev–Trinajstić information content (AvgIpc) is 2.13. The lowest BCUT2D eigenvalue weighted by Gasteiger charge is -2.17. The van der Waals surface area contributed by atoms with Gasteiger partial charge in [0, 0.05) is 5.02 Å². The molecule has 1 rings (SSSR count). The molecule has 1 aromatic carbocycles. The summed E-state index contributed by atoms with van der Waals surface area (Å²) in [4.78, 5) is 0. The number of benzene rings is 1. The first-order valence-electron chi connectivity index (χ1n) is 5.41. The number of nitrogens with two attached hydrogens (primary N) is 1. The summed E-state index contributed by atoms with van der Waals surface area (Å²) in [5.41, 5.74) is 0.191. The summed E-state index contributed by atoms with van der Waals surface area (Å²) in [6.07, 6.45) is 0. The molecule has 5 heteroatoms.